The Bertz CT molecular complexity index is 445. The fourth-order valence-electron chi connectivity index (χ4n) is 2.35. The Kier molecular flexibility index (Phi) is 7.51. The van der Waals surface area contributed by atoms with Gasteiger partial charge in [-0.1, -0.05) is 44.2 Å². The summed E-state index contributed by atoms with van der Waals surface area (Å²) >= 11 is 0. The Balaban J connectivity index is 2.94. The van der Waals surface area contributed by atoms with Gasteiger partial charge in [0.2, 0.25) is 11.8 Å². The lowest BCUT2D eigenvalue weighted by atomic mass is 10.1. The van der Waals surface area contributed by atoms with Gasteiger partial charge in [-0.15, -0.1) is 0 Å². The molecule has 0 aliphatic heterocycles. The second-order valence-corrected chi connectivity index (χ2v) is 5.08. The smallest absolute Gasteiger partial charge is 0.242 e. The molecule has 0 spiro atoms. The lowest BCUT2D eigenvalue weighted by molar-refractivity contribution is -0.141. The van der Waals surface area contributed by atoms with Crippen molar-refractivity contribution in [3.63, 3.8) is 0 Å². The molecule has 4 nitrogen and oxygen atoms in total. The molecule has 0 fully saturated rings. The van der Waals surface area contributed by atoms with E-state index in [1.165, 1.54) is 0 Å². The molecule has 0 aliphatic carbocycles. The third-order valence-electron chi connectivity index (χ3n) is 3.40. The van der Waals surface area contributed by atoms with Crippen molar-refractivity contribution in [3.8, 4) is 0 Å². The van der Waals surface area contributed by atoms with Crippen LogP contribution in [0.2, 0.25) is 0 Å². The van der Waals surface area contributed by atoms with Crippen molar-refractivity contribution in [1.82, 2.24) is 10.2 Å². The minimum Gasteiger partial charge on any atom is -0.355 e. The second-order valence-electron chi connectivity index (χ2n) is 5.08. The van der Waals surface area contributed by atoms with Crippen LogP contribution in [0, 0.1) is 0 Å². The normalized spacial score (nSPS) is 11.8. The topological polar surface area (TPSA) is 49.4 Å². The van der Waals surface area contributed by atoms with E-state index in [9.17, 15) is 9.59 Å². The van der Waals surface area contributed by atoms with E-state index in [1.807, 2.05) is 51.1 Å². The summed E-state index contributed by atoms with van der Waals surface area (Å²) in [6.45, 7) is 6.87. The average Bonchev–Trinajstić information content (AvgIpc) is 2.48. The molecule has 1 aromatic carbocycles. The Morgan fingerprint density at radius 3 is 2.33 bits per heavy atom. The molecule has 0 aliphatic rings. The molecule has 0 saturated carbocycles. The number of nitrogens with one attached hydrogen (secondary N) is 1. The summed E-state index contributed by atoms with van der Waals surface area (Å²) in [4.78, 5) is 26.3. The molecule has 0 saturated heterocycles. The molecule has 4 heteroatoms. The fourth-order valence-corrected chi connectivity index (χ4v) is 2.35. The van der Waals surface area contributed by atoms with Gasteiger partial charge in [0.1, 0.15) is 6.04 Å². The van der Waals surface area contributed by atoms with Crippen LogP contribution in [-0.2, 0) is 16.1 Å². The molecular weight excluding hydrogens is 264 g/mol. The van der Waals surface area contributed by atoms with E-state index in [0.717, 1.165) is 12.0 Å². The van der Waals surface area contributed by atoms with E-state index in [0.29, 0.717) is 25.9 Å². The molecule has 0 aromatic heterocycles. The Labute approximate surface area is 127 Å². The lowest BCUT2D eigenvalue weighted by Gasteiger charge is -2.30. The van der Waals surface area contributed by atoms with Crippen LogP contribution in [-0.4, -0.2) is 29.3 Å². The van der Waals surface area contributed by atoms with Gasteiger partial charge in [0.25, 0.3) is 0 Å². The molecule has 1 N–H and O–H groups in total. The number of likely N-dealkylation sites (N-methyl/N-ethyl adjacent to an activating group) is 1. The average molecular weight is 290 g/mol. The van der Waals surface area contributed by atoms with Crippen LogP contribution in [0.3, 0.4) is 0 Å². The van der Waals surface area contributed by atoms with Gasteiger partial charge in [-0.05, 0) is 25.3 Å². The number of amides is 2. The number of benzene rings is 1. The minimum absolute atomic E-state index is 0.0412. The van der Waals surface area contributed by atoms with Crippen LogP contribution in [0.25, 0.3) is 0 Å². The first kappa shape index (κ1) is 17.2. The highest BCUT2D eigenvalue weighted by Gasteiger charge is 2.27. The Morgan fingerprint density at radius 1 is 1.14 bits per heavy atom. The zero-order valence-corrected chi connectivity index (χ0v) is 13.3. The maximum Gasteiger partial charge on any atom is 0.242 e. The largest absolute Gasteiger partial charge is 0.355 e. The van der Waals surface area contributed by atoms with E-state index in [-0.39, 0.29) is 11.8 Å². The standard InChI is InChI=1S/C17H26N2O2/c1-4-10-16(20)19(13-14-11-8-7-9-12-14)15(5-2)17(21)18-6-3/h7-9,11-12,15H,4-6,10,13H2,1-3H3,(H,18,21). The van der Waals surface area contributed by atoms with Gasteiger partial charge >= 0.3 is 0 Å². The van der Waals surface area contributed by atoms with Crippen molar-refractivity contribution in [3.05, 3.63) is 35.9 Å². The summed E-state index contributed by atoms with van der Waals surface area (Å²) in [6, 6.07) is 9.41. The first-order valence-corrected chi connectivity index (χ1v) is 7.75. The van der Waals surface area contributed by atoms with E-state index in [4.69, 9.17) is 0 Å². The number of carbonyl (C=O) groups is 2. The molecule has 2 amide bonds. The van der Waals surface area contributed by atoms with Gasteiger partial charge in [0.05, 0.1) is 0 Å². The summed E-state index contributed by atoms with van der Waals surface area (Å²) < 4.78 is 0. The van der Waals surface area contributed by atoms with Crippen LogP contribution in [0.4, 0.5) is 0 Å². The zero-order chi connectivity index (χ0) is 15.7. The number of nitrogens with zero attached hydrogens (tertiary/aromatic N) is 1. The summed E-state index contributed by atoms with van der Waals surface area (Å²) in [5, 5.41) is 2.83. The molecular formula is C17H26N2O2. The highest BCUT2D eigenvalue weighted by molar-refractivity contribution is 5.87. The molecule has 1 aromatic rings. The van der Waals surface area contributed by atoms with Gasteiger partial charge in [0.15, 0.2) is 0 Å². The zero-order valence-electron chi connectivity index (χ0n) is 13.3. The Hall–Kier alpha value is -1.84. The maximum absolute atomic E-state index is 12.4. The van der Waals surface area contributed by atoms with Gasteiger partial charge < -0.3 is 10.2 Å². The predicted octanol–water partition coefficient (Wildman–Crippen LogP) is 2.73. The van der Waals surface area contributed by atoms with Crippen LogP contribution >= 0.6 is 0 Å². The monoisotopic (exact) mass is 290 g/mol. The quantitative estimate of drug-likeness (QED) is 0.800. The molecule has 1 unspecified atom stereocenters. The van der Waals surface area contributed by atoms with E-state index >= 15 is 0 Å². The molecule has 1 atom stereocenters. The third kappa shape index (κ3) is 5.21. The van der Waals surface area contributed by atoms with Gasteiger partial charge in [-0.25, -0.2) is 0 Å². The number of carbonyl (C=O) groups excluding carboxylic acids is 2. The highest BCUT2D eigenvalue weighted by atomic mass is 16.2. The van der Waals surface area contributed by atoms with Gasteiger partial charge in [0, 0.05) is 19.5 Å². The number of rotatable bonds is 8. The third-order valence-corrected chi connectivity index (χ3v) is 3.40. The lowest BCUT2D eigenvalue weighted by Crippen LogP contribution is -2.48. The molecule has 0 radical (unpaired) electrons. The molecule has 1 rings (SSSR count). The van der Waals surface area contributed by atoms with Crippen molar-refractivity contribution in [1.29, 1.82) is 0 Å². The van der Waals surface area contributed by atoms with Gasteiger partial charge in [-0.2, -0.15) is 0 Å². The van der Waals surface area contributed by atoms with Crippen LogP contribution in [0.1, 0.15) is 45.6 Å². The molecule has 116 valence electrons. The van der Waals surface area contributed by atoms with Gasteiger partial charge in [-0.3, -0.25) is 9.59 Å². The SMILES string of the molecule is CCCC(=O)N(Cc1ccccc1)C(CC)C(=O)NCC. The van der Waals surface area contributed by atoms with E-state index in [2.05, 4.69) is 5.32 Å². The number of hydrogen-bond acceptors (Lipinski definition) is 2. The van der Waals surface area contributed by atoms with Crippen molar-refractivity contribution < 1.29 is 9.59 Å². The first-order valence-electron chi connectivity index (χ1n) is 7.75. The second kappa shape index (κ2) is 9.16. The highest BCUT2D eigenvalue weighted by Crippen LogP contribution is 2.14. The van der Waals surface area contributed by atoms with Crippen molar-refractivity contribution in [2.45, 2.75) is 52.6 Å². The van der Waals surface area contributed by atoms with Crippen LogP contribution < -0.4 is 5.32 Å². The summed E-state index contributed by atoms with van der Waals surface area (Å²) in [6.07, 6.45) is 1.88. The first-order chi connectivity index (χ1) is 10.1. The predicted molar refractivity (Wildman–Crippen MR) is 84.7 cm³/mol. The maximum atomic E-state index is 12.4. The summed E-state index contributed by atoms with van der Waals surface area (Å²) in [7, 11) is 0. The minimum atomic E-state index is -0.399. The van der Waals surface area contributed by atoms with Crippen LogP contribution in [0.15, 0.2) is 30.3 Å². The van der Waals surface area contributed by atoms with Crippen molar-refractivity contribution >= 4 is 11.8 Å². The molecule has 0 heterocycles. The summed E-state index contributed by atoms with van der Waals surface area (Å²) in [5.41, 5.74) is 1.05. The van der Waals surface area contributed by atoms with Crippen molar-refractivity contribution in [2.75, 3.05) is 6.54 Å². The number of hydrogen-bond donors (Lipinski definition) is 1. The van der Waals surface area contributed by atoms with E-state index in [1.54, 1.807) is 4.90 Å². The van der Waals surface area contributed by atoms with Crippen molar-refractivity contribution in [2.24, 2.45) is 0 Å². The molecule has 21 heavy (non-hydrogen) atoms. The fraction of sp³-hybridized carbons (Fsp3) is 0.529. The van der Waals surface area contributed by atoms with E-state index < -0.39 is 6.04 Å². The Morgan fingerprint density at radius 2 is 1.81 bits per heavy atom. The van der Waals surface area contributed by atoms with Crippen LogP contribution in [0.5, 0.6) is 0 Å². The summed E-state index contributed by atoms with van der Waals surface area (Å²) in [5.74, 6) is -0.0279. The molecule has 0 bridgehead atoms.